The predicted molar refractivity (Wildman–Crippen MR) is 119 cm³/mol. The van der Waals surface area contributed by atoms with E-state index >= 15 is 0 Å². The first-order valence-corrected chi connectivity index (χ1v) is 11.1. The van der Waals surface area contributed by atoms with Crippen LogP contribution in [-0.2, 0) is 14.8 Å². The third-order valence-corrected chi connectivity index (χ3v) is 6.74. The van der Waals surface area contributed by atoms with Crippen LogP contribution in [0.5, 0.6) is 0 Å². The number of hydrogen-bond acceptors (Lipinski definition) is 6. The van der Waals surface area contributed by atoms with Crippen LogP contribution >= 0.6 is 23.2 Å². The van der Waals surface area contributed by atoms with Crippen molar-refractivity contribution in [2.75, 3.05) is 10.8 Å². The zero-order valence-electron chi connectivity index (χ0n) is 16.0. The van der Waals surface area contributed by atoms with E-state index in [1.807, 2.05) is 0 Å². The first-order valence-electron chi connectivity index (χ1n) is 8.95. The number of fused-ring (bicyclic) bond motifs is 1. The lowest BCUT2D eigenvalue weighted by Crippen LogP contribution is -2.35. The van der Waals surface area contributed by atoms with E-state index < -0.39 is 28.3 Å². The van der Waals surface area contributed by atoms with Gasteiger partial charge in [-0.25, -0.2) is 13.2 Å². The molecule has 0 unspecified atom stereocenters. The van der Waals surface area contributed by atoms with E-state index in [0.29, 0.717) is 16.3 Å². The van der Waals surface area contributed by atoms with Crippen LogP contribution in [0.4, 0.5) is 5.69 Å². The van der Waals surface area contributed by atoms with Crippen molar-refractivity contribution in [3.63, 3.8) is 0 Å². The molecule has 0 atom stereocenters. The van der Waals surface area contributed by atoms with Gasteiger partial charge in [0, 0.05) is 15.6 Å². The van der Waals surface area contributed by atoms with Crippen molar-refractivity contribution in [1.82, 2.24) is 10.1 Å². The van der Waals surface area contributed by atoms with Gasteiger partial charge in [-0.15, -0.1) is 0 Å². The SMILES string of the molecule is O=C(O)CN(c1ccc2c(-c3noc(=O)[nH]3)cccc2c1)S(=O)(=O)c1cc(Cl)cc(Cl)c1. The predicted octanol–water partition coefficient (Wildman–Crippen LogP) is 3.77. The third kappa shape index (κ3) is 4.20. The fourth-order valence-corrected chi connectivity index (χ4v) is 5.35. The molecule has 4 aromatic rings. The Morgan fingerprint density at radius 1 is 1.09 bits per heavy atom. The van der Waals surface area contributed by atoms with Crippen molar-refractivity contribution in [3.8, 4) is 11.4 Å². The number of nitrogens with zero attached hydrogens (tertiary/aromatic N) is 2. The van der Waals surface area contributed by atoms with Gasteiger partial charge in [-0.3, -0.25) is 18.6 Å². The zero-order valence-corrected chi connectivity index (χ0v) is 18.3. The normalized spacial score (nSPS) is 11.6. The first-order chi connectivity index (χ1) is 15.1. The summed E-state index contributed by atoms with van der Waals surface area (Å²) in [5, 5.41) is 14.4. The van der Waals surface area contributed by atoms with Crippen molar-refractivity contribution in [2.45, 2.75) is 4.90 Å². The van der Waals surface area contributed by atoms with Gasteiger partial charge in [0.25, 0.3) is 10.0 Å². The average molecular weight is 494 g/mol. The lowest BCUT2D eigenvalue weighted by molar-refractivity contribution is -0.135. The summed E-state index contributed by atoms with van der Waals surface area (Å²) < 4.78 is 31.9. The van der Waals surface area contributed by atoms with Gasteiger partial charge in [-0.1, -0.05) is 52.6 Å². The van der Waals surface area contributed by atoms with Crippen molar-refractivity contribution in [3.05, 3.63) is 75.2 Å². The smallest absolute Gasteiger partial charge is 0.439 e. The molecule has 0 aliphatic heterocycles. The standard InChI is InChI=1S/C20H13Cl2N3O6S/c21-12-7-13(22)9-15(8-12)32(29,30)25(10-18(26)27)14-4-5-16-11(6-14)2-1-3-17(16)19-23-20(28)31-24-19/h1-9H,10H2,(H,26,27)(H,23,24,28). The molecule has 0 saturated heterocycles. The molecule has 4 rings (SSSR count). The van der Waals surface area contributed by atoms with Crippen molar-refractivity contribution < 1.29 is 22.8 Å². The molecular weight excluding hydrogens is 481 g/mol. The van der Waals surface area contributed by atoms with Crippen LogP contribution in [0.15, 0.2) is 68.8 Å². The van der Waals surface area contributed by atoms with Gasteiger partial charge in [0.15, 0.2) is 5.82 Å². The quantitative estimate of drug-likeness (QED) is 0.417. The van der Waals surface area contributed by atoms with Crippen LogP contribution in [0.3, 0.4) is 0 Å². The number of aliphatic carboxylic acids is 1. The van der Waals surface area contributed by atoms with E-state index in [1.165, 1.54) is 30.3 Å². The van der Waals surface area contributed by atoms with Gasteiger partial charge < -0.3 is 5.11 Å². The number of carboxylic acids is 1. The number of anilines is 1. The van der Waals surface area contributed by atoms with Crippen LogP contribution in [0.25, 0.3) is 22.2 Å². The second-order valence-corrected chi connectivity index (χ2v) is 9.40. The first kappa shape index (κ1) is 21.9. The van der Waals surface area contributed by atoms with Gasteiger partial charge in [-0.05, 0) is 41.1 Å². The van der Waals surface area contributed by atoms with E-state index in [-0.39, 0.29) is 26.5 Å². The number of aromatic amines is 1. The Morgan fingerprint density at radius 2 is 1.81 bits per heavy atom. The maximum absolute atomic E-state index is 13.3. The number of benzene rings is 3. The summed E-state index contributed by atoms with van der Waals surface area (Å²) in [5.74, 6) is -1.86. The van der Waals surface area contributed by atoms with Crippen molar-refractivity contribution in [2.24, 2.45) is 0 Å². The fourth-order valence-electron chi connectivity index (χ4n) is 3.22. The second-order valence-electron chi connectivity index (χ2n) is 6.67. The molecule has 9 nitrogen and oxygen atoms in total. The van der Waals surface area contributed by atoms with Crippen LogP contribution in [0.2, 0.25) is 10.0 Å². The number of sulfonamides is 1. The molecule has 1 aromatic heterocycles. The van der Waals surface area contributed by atoms with E-state index in [9.17, 15) is 23.1 Å². The highest BCUT2D eigenvalue weighted by Gasteiger charge is 2.28. The number of carbonyl (C=O) groups is 1. The highest BCUT2D eigenvalue weighted by Crippen LogP contribution is 2.32. The molecule has 0 fully saturated rings. The maximum atomic E-state index is 13.3. The van der Waals surface area contributed by atoms with Crippen LogP contribution < -0.4 is 10.1 Å². The molecular formula is C20H13Cl2N3O6S. The van der Waals surface area contributed by atoms with E-state index in [4.69, 9.17) is 23.2 Å². The third-order valence-electron chi connectivity index (χ3n) is 4.55. The molecule has 32 heavy (non-hydrogen) atoms. The topological polar surface area (TPSA) is 134 Å². The van der Waals surface area contributed by atoms with Gasteiger partial charge in [-0.2, -0.15) is 0 Å². The molecule has 164 valence electrons. The van der Waals surface area contributed by atoms with Crippen LogP contribution in [-0.4, -0.2) is 36.2 Å². The van der Waals surface area contributed by atoms with Gasteiger partial charge in [0.05, 0.1) is 10.6 Å². The highest BCUT2D eigenvalue weighted by atomic mass is 35.5. The Bertz CT molecular complexity index is 1490. The lowest BCUT2D eigenvalue weighted by atomic mass is 10.0. The molecule has 2 N–H and O–H groups in total. The molecule has 12 heteroatoms. The number of hydrogen-bond donors (Lipinski definition) is 2. The molecule has 3 aromatic carbocycles. The van der Waals surface area contributed by atoms with E-state index in [2.05, 4.69) is 14.7 Å². The van der Waals surface area contributed by atoms with Crippen molar-refractivity contribution in [1.29, 1.82) is 0 Å². The number of carboxylic acid groups (broad SMARTS) is 1. The molecule has 0 bridgehead atoms. The molecule has 0 aliphatic rings. The number of rotatable bonds is 6. The largest absolute Gasteiger partial charge is 0.480 e. The summed E-state index contributed by atoms with van der Waals surface area (Å²) in [6.45, 7) is -0.825. The van der Waals surface area contributed by atoms with Crippen LogP contribution in [0.1, 0.15) is 0 Å². The minimum absolute atomic E-state index is 0.0936. The summed E-state index contributed by atoms with van der Waals surface area (Å²) >= 11 is 11.9. The summed E-state index contributed by atoms with van der Waals surface area (Å²) in [6.07, 6.45) is 0. The van der Waals surface area contributed by atoms with Gasteiger partial charge >= 0.3 is 11.7 Å². The molecule has 0 amide bonds. The monoisotopic (exact) mass is 493 g/mol. The number of H-pyrrole nitrogens is 1. The summed E-state index contributed by atoms with van der Waals surface area (Å²) in [5.41, 5.74) is 0.663. The Hall–Kier alpha value is -3.34. The number of halogens is 2. The highest BCUT2D eigenvalue weighted by molar-refractivity contribution is 7.92. The fraction of sp³-hybridized carbons (Fsp3) is 0.0500. The Labute approximate surface area is 190 Å². The summed E-state index contributed by atoms with van der Waals surface area (Å²) in [4.78, 5) is 25.0. The van der Waals surface area contributed by atoms with Gasteiger partial charge in [0.2, 0.25) is 0 Å². The molecule has 0 radical (unpaired) electrons. The van der Waals surface area contributed by atoms with E-state index in [1.54, 1.807) is 24.3 Å². The Morgan fingerprint density at radius 3 is 2.44 bits per heavy atom. The number of aromatic nitrogens is 2. The van der Waals surface area contributed by atoms with Crippen molar-refractivity contribution >= 4 is 55.7 Å². The summed E-state index contributed by atoms with van der Waals surface area (Å²) in [6, 6.07) is 13.4. The minimum atomic E-state index is -4.31. The molecule has 1 heterocycles. The Balaban J connectivity index is 1.86. The second kappa shape index (κ2) is 8.30. The minimum Gasteiger partial charge on any atom is -0.480 e. The summed E-state index contributed by atoms with van der Waals surface area (Å²) in [7, 11) is -4.31. The lowest BCUT2D eigenvalue weighted by Gasteiger charge is -2.23. The van der Waals surface area contributed by atoms with E-state index in [0.717, 1.165) is 4.31 Å². The Kier molecular flexibility index (Phi) is 5.68. The molecule has 0 saturated carbocycles. The van der Waals surface area contributed by atoms with Crippen LogP contribution in [0, 0.1) is 0 Å². The number of nitrogens with one attached hydrogen (secondary N) is 1. The molecule has 0 spiro atoms. The molecule has 0 aliphatic carbocycles. The zero-order chi connectivity index (χ0) is 23.0. The van der Waals surface area contributed by atoms with Gasteiger partial charge in [0.1, 0.15) is 6.54 Å². The average Bonchev–Trinajstić information content (AvgIpc) is 3.16. The maximum Gasteiger partial charge on any atom is 0.439 e.